The van der Waals surface area contributed by atoms with Crippen molar-refractivity contribution in [3.8, 4) is 0 Å². The molecule has 2 aliphatic rings. The molecule has 0 amide bonds. The highest BCUT2D eigenvalue weighted by Crippen LogP contribution is 2.58. The molecular formula is C26H38O2. The molecule has 2 nitrogen and oxygen atoms in total. The molecule has 2 aliphatic carbocycles. The Labute approximate surface area is 171 Å². The number of allylic oxidation sites excluding steroid dienone is 2. The average molecular weight is 383 g/mol. The van der Waals surface area contributed by atoms with Gasteiger partial charge in [-0.05, 0) is 73.3 Å². The zero-order chi connectivity index (χ0) is 20.3. The second-order valence-corrected chi connectivity index (χ2v) is 9.85. The van der Waals surface area contributed by atoms with E-state index in [0.717, 1.165) is 12.8 Å². The first-order valence-corrected chi connectivity index (χ1v) is 11.3. The van der Waals surface area contributed by atoms with Gasteiger partial charge in [0, 0.05) is 5.92 Å². The number of hydrogen-bond acceptors (Lipinski definition) is 2. The van der Waals surface area contributed by atoms with Gasteiger partial charge < -0.3 is 4.74 Å². The fourth-order valence-electron chi connectivity index (χ4n) is 5.65. The van der Waals surface area contributed by atoms with E-state index in [1.54, 1.807) is 0 Å². The fourth-order valence-corrected chi connectivity index (χ4v) is 5.65. The van der Waals surface area contributed by atoms with Crippen molar-refractivity contribution in [1.82, 2.24) is 0 Å². The van der Waals surface area contributed by atoms with Gasteiger partial charge in [0.2, 0.25) is 0 Å². The van der Waals surface area contributed by atoms with Gasteiger partial charge in [-0.15, -0.1) is 0 Å². The standard InChI is InChI=1S/C26H38O2/c1-18(2)19(3)13-14-20(4)22-15-16-23-24(12-9-17-26(22,23)5)28-25(27)21-10-7-6-8-11-21/h6-8,10-11,13-14,18-20,22-24H,9,12,15-17H2,1-5H3/b14-13+/t19-,20+,22+,23?,24-,26+/m0/s1. The molecule has 2 fully saturated rings. The Bertz CT molecular complexity index is 677. The summed E-state index contributed by atoms with van der Waals surface area (Å²) >= 11 is 0. The van der Waals surface area contributed by atoms with Crippen molar-refractivity contribution < 1.29 is 9.53 Å². The smallest absolute Gasteiger partial charge is 0.338 e. The molecule has 0 radical (unpaired) electrons. The number of rotatable bonds is 6. The number of carbonyl (C=O) groups is 1. The summed E-state index contributed by atoms with van der Waals surface area (Å²) in [5, 5.41) is 0. The largest absolute Gasteiger partial charge is 0.458 e. The van der Waals surface area contributed by atoms with Crippen molar-refractivity contribution in [2.24, 2.45) is 35.0 Å². The van der Waals surface area contributed by atoms with Gasteiger partial charge >= 0.3 is 5.97 Å². The van der Waals surface area contributed by atoms with Crippen LogP contribution < -0.4 is 0 Å². The molecule has 1 aromatic carbocycles. The quantitative estimate of drug-likeness (QED) is 0.394. The summed E-state index contributed by atoms with van der Waals surface area (Å²) in [7, 11) is 0. The highest BCUT2D eigenvalue weighted by Gasteiger charge is 2.53. The number of fused-ring (bicyclic) bond motifs is 1. The van der Waals surface area contributed by atoms with Crippen LogP contribution in [0.4, 0.5) is 0 Å². The molecule has 1 unspecified atom stereocenters. The molecule has 3 rings (SSSR count). The molecule has 0 aromatic heterocycles. The van der Waals surface area contributed by atoms with Gasteiger partial charge in [0.1, 0.15) is 6.10 Å². The van der Waals surface area contributed by atoms with Crippen LogP contribution in [0.25, 0.3) is 0 Å². The van der Waals surface area contributed by atoms with Crippen LogP contribution >= 0.6 is 0 Å². The number of benzene rings is 1. The monoisotopic (exact) mass is 382 g/mol. The van der Waals surface area contributed by atoms with Gasteiger partial charge in [0.15, 0.2) is 0 Å². The summed E-state index contributed by atoms with van der Waals surface area (Å²) in [4.78, 5) is 12.6. The third-order valence-electron chi connectivity index (χ3n) is 7.81. The summed E-state index contributed by atoms with van der Waals surface area (Å²) in [5.74, 6) is 2.92. The number of ether oxygens (including phenoxy) is 1. The SMILES string of the molecule is CC(C)[C@@H](C)/C=C/[C@@H](C)[C@H]1CCC2[C@@H](OC(=O)c3ccccc3)CCC[C@@]21C. The van der Waals surface area contributed by atoms with E-state index in [2.05, 4.69) is 46.8 Å². The molecule has 1 aromatic rings. The maximum Gasteiger partial charge on any atom is 0.338 e. The van der Waals surface area contributed by atoms with Gasteiger partial charge in [-0.25, -0.2) is 4.79 Å². The van der Waals surface area contributed by atoms with Crippen molar-refractivity contribution in [3.63, 3.8) is 0 Å². The molecule has 28 heavy (non-hydrogen) atoms. The molecule has 0 bridgehead atoms. The Morgan fingerprint density at radius 3 is 2.46 bits per heavy atom. The second kappa shape index (κ2) is 8.84. The third-order valence-corrected chi connectivity index (χ3v) is 7.81. The van der Waals surface area contributed by atoms with Crippen LogP contribution in [-0.2, 0) is 4.74 Å². The van der Waals surface area contributed by atoms with Crippen LogP contribution in [0.15, 0.2) is 42.5 Å². The highest BCUT2D eigenvalue weighted by atomic mass is 16.5. The minimum absolute atomic E-state index is 0.0715. The van der Waals surface area contributed by atoms with Crippen molar-refractivity contribution >= 4 is 5.97 Å². The van der Waals surface area contributed by atoms with Crippen LogP contribution in [0.1, 0.15) is 77.1 Å². The number of hydrogen-bond donors (Lipinski definition) is 0. The third kappa shape index (κ3) is 4.36. The van der Waals surface area contributed by atoms with Gasteiger partial charge in [-0.3, -0.25) is 0 Å². The van der Waals surface area contributed by atoms with E-state index in [-0.39, 0.29) is 17.5 Å². The van der Waals surface area contributed by atoms with Gasteiger partial charge in [0.25, 0.3) is 0 Å². The lowest BCUT2D eigenvalue weighted by Crippen LogP contribution is -2.43. The van der Waals surface area contributed by atoms with Crippen molar-refractivity contribution in [1.29, 1.82) is 0 Å². The van der Waals surface area contributed by atoms with E-state index in [9.17, 15) is 4.79 Å². The molecule has 6 atom stereocenters. The Hall–Kier alpha value is -1.57. The van der Waals surface area contributed by atoms with Crippen LogP contribution in [0.5, 0.6) is 0 Å². The predicted octanol–water partition coefficient (Wildman–Crippen LogP) is 6.91. The van der Waals surface area contributed by atoms with E-state index in [1.807, 2.05) is 30.3 Å². The Balaban J connectivity index is 1.69. The van der Waals surface area contributed by atoms with Crippen molar-refractivity contribution in [2.45, 2.75) is 72.8 Å². The minimum atomic E-state index is -0.156. The van der Waals surface area contributed by atoms with Crippen LogP contribution in [-0.4, -0.2) is 12.1 Å². The lowest BCUT2D eigenvalue weighted by Gasteiger charge is -2.45. The van der Waals surface area contributed by atoms with Gasteiger partial charge in [-0.1, -0.05) is 65.0 Å². The molecule has 154 valence electrons. The fraction of sp³-hybridized carbons (Fsp3) is 0.654. The van der Waals surface area contributed by atoms with E-state index < -0.39 is 0 Å². The maximum atomic E-state index is 12.6. The first kappa shape index (κ1) is 21.1. The van der Waals surface area contributed by atoms with E-state index in [1.165, 1.54) is 19.3 Å². The summed E-state index contributed by atoms with van der Waals surface area (Å²) in [6.07, 6.45) is 10.8. The van der Waals surface area contributed by atoms with Crippen molar-refractivity contribution in [2.75, 3.05) is 0 Å². The Morgan fingerprint density at radius 2 is 1.79 bits per heavy atom. The Kier molecular flexibility index (Phi) is 6.68. The van der Waals surface area contributed by atoms with Crippen LogP contribution in [0, 0.1) is 35.0 Å². The van der Waals surface area contributed by atoms with E-state index >= 15 is 0 Å². The van der Waals surface area contributed by atoms with Crippen LogP contribution in [0.3, 0.4) is 0 Å². The van der Waals surface area contributed by atoms with Gasteiger partial charge in [-0.2, -0.15) is 0 Å². The summed E-state index contributed by atoms with van der Waals surface area (Å²) in [6, 6.07) is 9.44. The number of esters is 1. The lowest BCUT2D eigenvalue weighted by atomic mass is 9.61. The molecular weight excluding hydrogens is 344 g/mol. The lowest BCUT2D eigenvalue weighted by molar-refractivity contribution is -0.0444. The Morgan fingerprint density at radius 1 is 1.07 bits per heavy atom. The van der Waals surface area contributed by atoms with Crippen molar-refractivity contribution in [3.05, 3.63) is 48.0 Å². The zero-order valence-electron chi connectivity index (χ0n) is 18.4. The van der Waals surface area contributed by atoms with Crippen LogP contribution in [0.2, 0.25) is 0 Å². The molecule has 0 saturated heterocycles. The molecule has 0 heterocycles. The molecule has 0 N–H and O–H groups in total. The normalized spacial score (nSPS) is 32.3. The summed E-state index contributed by atoms with van der Waals surface area (Å²) in [6.45, 7) is 11.8. The van der Waals surface area contributed by atoms with Gasteiger partial charge in [0.05, 0.1) is 5.56 Å². The topological polar surface area (TPSA) is 26.3 Å². The summed E-state index contributed by atoms with van der Waals surface area (Å²) < 4.78 is 6.06. The molecule has 2 heteroatoms. The first-order chi connectivity index (χ1) is 13.3. The highest BCUT2D eigenvalue weighted by molar-refractivity contribution is 5.89. The molecule has 2 saturated carbocycles. The summed E-state index contributed by atoms with van der Waals surface area (Å²) in [5.41, 5.74) is 0.952. The molecule has 0 spiro atoms. The predicted molar refractivity (Wildman–Crippen MR) is 116 cm³/mol. The van der Waals surface area contributed by atoms with E-state index in [0.29, 0.717) is 35.2 Å². The van der Waals surface area contributed by atoms with E-state index in [4.69, 9.17) is 4.74 Å². The maximum absolute atomic E-state index is 12.6. The first-order valence-electron chi connectivity index (χ1n) is 11.3. The number of carbonyl (C=O) groups excluding carboxylic acids is 1. The molecule has 0 aliphatic heterocycles. The zero-order valence-corrected chi connectivity index (χ0v) is 18.4. The minimum Gasteiger partial charge on any atom is -0.458 e. The average Bonchev–Trinajstić information content (AvgIpc) is 3.04. The second-order valence-electron chi connectivity index (χ2n) is 9.85.